The van der Waals surface area contributed by atoms with E-state index in [4.69, 9.17) is 4.74 Å². The van der Waals surface area contributed by atoms with Crippen molar-refractivity contribution < 1.29 is 9.53 Å². The van der Waals surface area contributed by atoms with E-state index >= 15 is 0 Å². The lowest BCUT2D eigenvalue weighted by atomic mass is 10.0. The van der Waals surface area contributed by atoms with Crippen molar-refractivity contribution >= 4 is 27.3 Å². The third-order valence-electron chi connectivity index (χ3n) is 5.88. The number of rotatable bonds is 5. The van der Waals surface area contributed by atoms with Crippen LogP contribution in [0.15, 0.2) is 60.8 Å². The van der Waals surface area contributed by atoms with Crippen molar-refractivity contribution in [3.8, 4) is 11.3 Å². The van der Waals surface area contributed by atoms with Gasteiger partial charge in [-0.3, -0.25) is 14.8 Å². The molecule has 2 aromatic carbocycles. The van der Waals surface area contributed by atoms with Gasteiger partial charge in [-0.1, -0.05) is 48.5 Å². The molecule has 6 nitrogen and oxygen atoms in total. The summed E-state index contributed by atoms with van der Waals surface area (Å²) in [5.41, 5.74) is 4.37. The molecular formula is C25H26N4O2S. The van der Waals surface area contributed by atoms with Crippen LogP contribution in [0.25, 0.3) is 21.3 Å². The van der Waals surface area contributed by atoms with Gasteiger partial charge in [0.25, 0.3) is 5.91 Å². The maximum absolute atomic E-state index is 13.0. The van der Waals surface area contributed by atoms with Crippen LogP contribution >= 0.6 is 11.3 Å². The predicted octanol–water partition coefficient (Wildman–Crippen LogP) is 4.57. The van der Waals surface area contributed by atoms with E-state index in [1.807, 2.05) is 36.5 Å². The van der Waals surface area contributed by atoms with Crippen molar-refractivity contribution in [2.75, 3.05) is 33.8 Å². The van der Waals surface area contributed by atoms with Crippen LogP contribution in [-0.2, 0) is 11.3 Å². The first kappa shape index (κ1) is 20.9. The average Bonchev–Trinajstić information content (AvgIpc) is 3.44. The number of nitrogens with one attached hydrogen (secondary N) is 1. The molecule has 1 amide bonds. The topological polar surface area (TPSA) is 61.5 Å². The van der Waals surface area contributed by atoms with Gasteiger partial charge in [-0.2, -0.15) is 5.10 Å². The van der Waals surface area contributed by atoms with Crippen LogP contribution in [-0.4, -0.2) is 59.7 Å². The van der Waals surface area contributed by atoms with Gasteiger partial charge in [0.1, 0.15) is 0 Å². The minimum absolute atomic E-state index is 0.0307. The molecule has 2 aromatic heterocycles. The number of H-pyrrole nitrogens is 1. The number of carbonyl (C=O) groups is 1. The van der Waals surface area contributed by atoms with Crippen molar-refractivity contribution in [2.45, 2.75) is 12.6 Å². The Kier molecular flexibility index (Phi) is 5.78. The highest BCUT2D eigenvalue weighted by Gasteiger charge is 2.30. The minimum atomic E-state index is -0.147. The first-order valence-electron chi connectivity index (χ1n) is 10.8. The van der Waals surface area contributed by atoms with Crippen LogP contribution in [0.2, 0.25) is 0 Å². The maximum atomic E-state index is 13.0. The van der Waals surface area contributed by atoms with Crippen molar-refractivity contribution in [2.24, 2.45) is 0 Å². The van der Waals surface area contributed by atoms with Crippen LogP contribution in [0.3, 0.4) is 0 Å². The Balaban J connectivity index is 1.43. The first-order chi connectivity index (χ1) is 15.6. The number of aromatic nitrogens is 2. The molecule has 7 heteroatoms. The molecule has 0 radical (unpaired) electrons. The summed E-state index contributed by atoms with van der Waals surface area (Å²) in [5.74, 6) is 0.0307. The number of hydrogen-bond acceptors (Lipinski definition) is 5. The minimum Gasteiger partial charge on any atom is -0.371 e. The Morgan fingerprint density at radius 1 is 1.19 bits per heavy atom. The normalized spacial score (nSPS) is 17.0. The Labute approximate surface area is 191 Å². The summed E-state index contributed by atoms with van der Waals surface area (Å²) in [6.07, 6.45) is 1.76. The van der Waals surface area contributed by atoms with Crippen molar-refractivity contribution in [1.82, 2.24) is 20.0 Å². The van der Waals surface area contributed by atoms with E-state index in [2.05, 4.69) is 39.4 Å². The number of ether oxygens (including phenoxy) is 1. The number of morpholine rings is 1. The lowest BCUT2D eigenvalue weighted by Crippen LogP contribution is -2.38. The number of amides is 1. The number of hydrogen-bond donors (Lipinski definition) is 1. The van der Waals surface area contributed by atoms with Crippen LogP contribution in [0.1, 0.15) is 26.9 Å². The zero-order valence-corrected chi connectivity index (χ0v) is 19.1. The molecule has 0 spiro atoms. The first-order valence-corrected chi connectivity index (χ1v) is 11.6. The SMILES string of the molecule is CN(C)C(=O)c1sc2ccccc2c1[C@H]1CN(Cc2cn[nH]c2-c2ccccc2)CCO1. The largest absolute Gasteiger partial charge is 0.371 e. The molecule has 5 rings (SSSR count). The van der Waals surface area contributed by atoms with Gasteiger partial charge in [0.2, 0.25) is 0 Å². The summed E-state index contributed by atoms with van der Waals surface area (Å²) in [6.45, 7) is 2.98. The summed E-state index contributed by atoms with van der Waals surface area (Å²) in [4.78, 5) is 17.8. The van der Waals surface area contributed by atoms with Crippen molar-refractivity contribution in [3.05, 3.63) is 76.8 Å². The molecule has 0 aliphatic carbocycles. The lowest BCUT2D eigenvalue weighted by Gasteiger charge is -2.33. The molecule has 32 heavy (non-hydrogen) atoms. The third-order valence-corrected chi connectivity index (χ3v) is 7.06. The lowest BCUT2D eigenvalue weighted by molar-refractivity contribution is -0.0323. The highest BCUT2D eigenvalue weighted by molar-refractivity contribution is 7.21. The number of benzene rings is 2. The number of carbonyl (C=O) groups excluding carboxylic acids is 1. The predicted molar refractivity (Wildman–Crippen MR) is 128 cm³/mol. The molecule has 0 bridgehead atoms. The van der Waals surface area contributed by atoms with Gasteiger partial charge in [0, 0.05) is 49.6 Å². The second-order valence-electron chi connectivity index (χ2n) is 8.27. The summed E-state index contributed by atoms with van der Waals surface area (Å²) in [7, 11) is 3.60. The monoisotopic (exact) mass is 446 g/mol. The summed E-state index contributed by atoms with van der Waals surface area (Å²) in [5, 5.41) is 8.57. The Morgan fingerprint density at radius 2 is 1.97 bits per heavy atom. The van der Waals surface area contributed by atoms with Crippen molar-refractivity contribution in [1.29, 1.82) is 0 Å². The fraction of sp³-hybridized carbons (Fsp3) is 0.280. The molecular weight excluding hydrogens is 420 g/mol. The van der Waals surface area contributed by atoms with Gasteiger partial charge < -0.3 is 9.64 Å². The van der Waals surface area contributed by atoms with E-state index in [1.165, 1.54) is 0 Å². The van der Waals surface area contributed by atoms with E-state index in [0.29, 0.717) is 6.61 Å². The van der Waals surface area contributed by atoms with Gasteiger partial charge in [-0.25, -0.2) is 0 Å². The van der Waals surface area contributed by atoms with Crippen LogP contribution in [0.5, 0.6) is 0 Å². The van der Waals surface area contributed by atoms with E-state index < -0.39 is 0 Å². The van der Waals surface area contributed by atoms with E-state index in [1.54, 1.807) is 30.3 Å². The van der Waals surface area contributed by atoms with E-state index in [0.717, 1.165) is 57.0 Å². The number of nitrogens with zero attached hydrogens (tertiary/aromatic N) is 3. The van der Waals surface area contributed by atoms with Crippen molar-refractivity contribution in [3.63, 3.8) is 0 Å². The van der Waals surface area contributed by atoms with Gasteiger partial charge in [-0.15, -0.1) is 11.3 Å². The molecule has 3 heterocycles. The zero-order valence-electron chi connectivity index (χ0n) is 18.2. The van der Waals surface area contributed by atoms with Gasteiger partial charge in [0.05, 0.1) is 29.5 Å². The number of thiophene rings is 1. The molecule has 1 saturated heterocycles. The average molecular weight is 447 g/mol. The summed E-state index contributed by atoms with van der Waals surface area (Å²) < 4.78 is 7.36. The highest BCUT2D eigenvalue weighted by Crippen LogP contribution is 2.39. The second kappa shape index (κ2) is 8.86. The quantitative estimate of drug-likeness (QED) is 0.488. The molecule has 4 aromatic rings. The summed E-state index contributed by atoms with van der Waals surface area (Å²) >= 11 is 1.56. The number of fused-ring (bicyclic) bond motifs is 1. The second-order valence-corrected chi connectivity index (χ2v) is 9.32. The third kappa shape index (κ3) is 3.95. The van der Waals surface area contributed by atoms with Gasteiger partial charge in [0.15, 0.2) is 0 Å². The molecule has 1 fully saturated rings. The van der Waals surface area contributed by atoms with Gasteiger partial charge in [-0.05, 0) is 17.0 Å². The zero-order chi connectivity index (χ0) is 22.1. The molecule has 164 valence electrons. The molecule has 1 aliphatic heterocycles. The Bertz CT molecular complexity index is 1230. The Hall–Kier alpha value is -3.00. The van der Waals surface area contributed by atoms with Gasteiger partial charge >= 0.3 is 0 Å². The van der Waals surface area contributed by atoms with Crippen LogP contribution < -0.4 is 0 Å². The van der Waals surface area contributed by atoms with E-state index in [-0.39, 0.29) is 12.0 Å². The highest BCUT2D eigenvalue weighted by atomic mass is 32.1. The Morgan fingerprint density at radius 3 is 2.78 bits per heavy atom. The van der Waals surface area contributed by atoms with E-state index in [9.17, 15) is 4.79 Å². The molecule has 0 unspecified atom stereocenters. The standard InChI is InChI=1S/C25H26N4O2S/c1-28(2)25(30)24-22(19-10-6-7-11-21(19)32-24)20-16-29(12-13-31-20)15-18-14-26-27-23(18)17-8-4-3-5-9-17/h3-11,14,20H,12-13,15-16H2,1-2H3,(H,26,27)/t20-/m1/s1. The maximum Gasteiger partial charge on any atom is 0.263 e. The van der Waals surface area contributed by atoms with Crippen LogP contribution in [0, 0.1) is 0 Å². The fourth-order valence-electron chi connectivity index (χ4n) is 4.29. The molecule has 0 saturated carbocycles. The summed E-state index contributed by atoms with van der Waals surface area (Å²) in [6, 6.07) is 18.5. The molecule has 1 N–H and O–H groups in total. The fourth-order valence-corrected chi connectivity index (χ4v) is 5.57. The number of aromatic amines is 1. The van der Waals surface area contributed by atoms with Crippen LogP contribution in [0.4, 0.5) is 0 Å². The molecule has 1 aliphatic rings. The molecule has 1 atom stereocenters. The smallest absolute Gasteiger partial charge is 0.263 e.